The van der Waals surface area contributed by atoms with Crippen molar-refractivity contribution < 1.29 is 0 Å². The molecule has 1 aromatic heterocycles. The van der Waals surface area contributed by atoms with Crippen molar-refractivity contribution in [2.45, 2.75) is 12.3 Å². The normalized spacial score (nSPS) is 12.8. The van der Waals surface area contributed by atoms with Gasteiger partial charge in [0.2, 0.25) is 0 Å². The number of halogens is 2. The van der Waals surface area contributed by atoms with Crippen LogP contribution in [0.15, 0.2) is 52.3 Å². The second kappa shape index (κ2) is 5.28. The van der Waals surface area contributed by atoms with Crippen molar-refractivity contribution in [2.75, 3.05) is 0 Å². The van der Waals surface area contributed by atoms with Crippen LogP contribution in [0.25, 0.3) is 10.1 Å². The summed E-state index contributed by atoms with van der Waals surface area (Å²) in [5, 5.41) is 3.29. The lowest BCUT2D eigenvalue weighted by Gasteiger charge is -2.12. The first kappa shape index (κ1) is 13.2. The number of hydrogen-bond donors (Lipinski definition) is 0. The fourth-order valence-corrected chi connectivity index (χ4v) is 4.25. The lowest BCUT2D eigenvalue weighted by molar-refractivity contribution is 1.14. The van der Waals surface area contributed by atoms with Gasteiger partial charge in [-0.25, -0.2) is 0 Å². The molecule has 1 heterocycles. The van der Waals surface area contributed by atoms with Gasteiger partial charge in [0.25, 0.3) is 0 Å². The molecular weight excluding hydrogens is 340 g/mol. The summed E-state index contributed by atoms with van der Waals surface area (Å²) in [6.45, 7) is 2.09. The third-order valence-electron chi connectivity index (χ3n) is 3.21. The number of hydrogen-bond acceptors (Lipinski definition) is 1. The molecule has 3 heteroatoms. The average Bonchev–Trinajstić information content (AvgIpc) is 2.84. The van der Waals surface area contributed by atoms with Crippen LogP contribution in [-0.4, -0.2) is 0 Å². The van der Waals surface area contributed by atoms with E-state index in [1.165, 1.54) is 21.2 Å². The predicted molar refractivity (Wildman–Crippen MR) is 88.4 cm³/mol. The van der Waals surface area contributed by atoms with E-state index in [2.05, 4.69) is 70.7 Å². The molecule has 1 atom stereocenters. The molecule has 0 bridgehead atoms. The summed E-state index contributed by atoms with van der Waals surface area (Å²) >= 11 is 12.1. The summed E-state index contributed by atoms with van der Waals surface area (Å²) in [6.07, 6.45) is 0. The van der Waals surface area contributed by atoms with Gasteiger partial charge >= 0.3 is 0 Å². The van der Waals surface area contributed by atoms with Crippen molar-refractivity contribution in [3.05, 3.63) is 69.0 Å². The van der Waals surface area contributed by atoms with Gasteiger partial charge in [0.15, 0.2) is 0 Å². The van der Waals surface area contributed by atoms with Gasteiger partial charge < -0.3 is 0 Å². The van der Waals surface area contributed by atoms with Crippen molar-refractivity contribution in [1.82, 2.24) is 0 Å². The number of thiophene rings is 1. The Morgan fingerprint density at radius 3 is 2.74 bits per heavy atom. The Hall–Kier alpha value is -0.830. The van der Waals surface area contributed by atoms with Gasteiger partial charge in [-0.2, -0.15) is 0 Å². The molecule has 0 nitrogen and oxygen atoms in total. The zero-order valence-corrected chi connectivity index (χ0v) is 13.5. The molecule has 2 aromatic carbocycles. The smallest absolute Gasteiger partial charge is 0.0860 e. The third-order valence-corrected chi connectivity index (χ3v) is 5.38. The van der Waals surface area contributed by atoms with Gasteiger partial charge in [-0.05, 0) is 40.9 Å². The molecule has 0 spiro atoms. The van der Waals surface area contributed by atoms with E-state index in [0.29, 0.717) is 0 Å². The maximum absolute atomic E-state index is 6.71. The van der Waals surface area contributed by atoms with Crippen molar-refractivity contribution in [3.8, 4) is 0 Å². The Labute approximate surface area is 130 Å². The van der Waals surface area contributed by atoms with Crippen LogP contribution in [0.5, 0.6) is 0 Å². The number of alkyl halides is 1. The second-order valence-electron chi connectivity index (χ2n) is 4.57. The Balaban J connectivity index is 2.13. The Kier molecular flexibility index (Phi) is 3.66. The highest BCUT2D eigenvalue weighted by molar-refractivity contribution is 9.10. The van der Waals surface area contributed by atoms with Crippen LogP contribution in [-0.2, 0) is 0 Å². The number of aryl methyl sites for hydroxylation is 1. The summed E-state index contributed by atoms with van der Waals surface area (Å²) in [5.41, 5.74) is 3.54. The summed E-state index contributed by atoms with van der Waals surface area (Å²) in [4.78, 5) is 0. The molecule has 0 aliphatic heterocycles. The molecule has 0 aliphatic carbocycles. The Morgan fingerprint density at radius 1 is 1.11 bits per heavy atom. The van der Waals surface area contributed by atoms with E-state index in [1.54, 1.807) is 11.3 Å². The highest BCUT2D eigenvalue weighted by atomic mass is 79.9. The monoisotopic (exact) mass is 350 g/mol. The van der Waals surface area contributed by atoms with Crippen molar-refractivity contribution in [1.29, 1.82) is 0 Å². The minimum absolute atomic E-state index is 0.120. The first-order valence-electron chi connectivity index (χ1n) is 6.03. The molecule has 3 aromatic rings. The molecule has 0 N–H and O–H groups in total. The molecule has 1 unspecified atom stereocenters. The summed E-state index contributed by atoms with van der Waals surface area (Å²) < 4.78 is 2.35. The molecule has 0 saturated carbocycles. The highest BCUT2D eigenvalue weighted by Gasteiger charge is 2.17. The quantitative estimate of drug-likeness (QED) is 0.475. The molecule has 0 fully saturated rings. The van der Waals surface area contributed by atoms with E-state index >= 15 is 0 Å². The van der Waals surface area contributed by atoms with Crippen LogP contribution in [0.4, 0.5) is 0 Å². The number of rotatable bonds is 2. The summed E-state index contributed by atoms with van der Waals surface area (Å²) in [7, 11) is 0. The number of fused-ring (bicyclic) bond motifs is 1. The minimum Gasteiger partial charge on any atom is -0.143 e. The van der Waals surface area contributed by atoms with Gasteiger partial charge in [0.05, 0.1) is 5.38 Å². The molecule has 3 rings (SSSR count). The Bertz CT molecular complexity index is 732. The molecular formula is C16H12BrClS. The van der Waals surface area contributed by atoms with E-state index in [9.17, 15) is 0 Å². The summed E-state index contributed by atoms with van der Waals surface area (Å²) in [6, 6.07) is 14.7. The lowest BCUT2D eigenvalue weighted by Crippen LogP contribution is -1.94. The van der Waals surface area contributed by atoms with Crippen LogP contribution < -0.4 is 0 Å². The first-order chi connectivity index (χ1) is 9.16. The van der Waals surface area contributed by atoms with Gasteiger partial charge in [-0.3, -0.25) is 0 Å². The zero-order chi connectivity index (χ0) is 13.4. The Morgan fingerprint density at radius 2 is 1.89 bits per heavy atom. The van der Waals surface area contributed by atoms with E-state index in [-0.39, 0.29) is 5.38 Å². The molecule has 0 amide bonds. The van der Waals surface area contributed by atoms with Crippen LogP contribution in [0.3, 0.4) is 0 Å². The highest BCUT2D eigenvalue weighted by Crippen LogP contribution is 2.40. The standard InChI is InChI=1S/C16H12BrClS/c1-10-6-7-14(17)12(8-10)16(18)13-9-19-15-5-3-2-4-11(13)15/h2-9,16H,1H3. The maximum Gasteiger partial charge on any atom is 0.0860 e. The second-order valence-corrected chi connectivity index (χ2v) is 6.78. The van der Waals surface area contributed by atoms with Crippen LogP contribution in [0.2, 0.25) is 0 Å². The van der Waals surface area contributed by atoms with E-state index in [0.717, 1.165) is 10.0 Å². The largest absolute Gasteiger partial charge is 0.143 e. The van der Waals surface area contributed by atoms with Crippen molar-refractivity contribution >= 4 is 49.0 Å². The lowest BCUT2D eigenvalue weighted by atomic mass is 10.0. The van der Waals surface area contributed by atoms with Crippen LogP contribution >= 0.6 is 38.9 Å². The molecule has 96 valence electrons. The number of benzene rings is 2. The zero-order valence-electron chi connectivity index (χ0n) is 10.4. The van der Waals surface area contributed by atoms with Crippen LogP contribution in [0.1, 0.15) is 22.1 Å². The fourth-order valence-electron chi connectivity index (χ4n) is 2.22. The molecule has 0 aliphatic rings. The topological polar surface area (TPSA) is 0 Å². The fraction of sp³-hybridized carbons (Fsp3) is 0.125. The molecule has 19 heavy (non-hydrogen) atoms. The van der Waals surface area contributed by atoms with Crippen molar-refractivity contribution in [2.24, 2.45) is 0 Å². The summed E-state index contributed by atoms with van der Waals surface area (Å²) in [5.74, 6) is 0. The molecule has 0 saturated heterocycles. The van der Waals surface area contributed by atoms with Gasteiger partial charge in [0, 0.05) is 9.17 Å². The third kappa shape index (κ3) is 2.45. The first-order valence-corrected chi connectivity index (χ1v) is 8.14. The SMILES string of the molecule is Cc1ccc(Br)c(C(Cl)c2csc3ccccc23)c1. The van der Waals surface area contributed by atoms with E-state index in [1.807, 2.05) is 0 Å². The minimum atomic E-state index is -0.120. The van der Waals surface area contributed by atoms with Gasteiger partial charge in [-0.1, -0.05) is 51.8 Å². The molecule has 0 radical (unpaired) electrons. The van der Waals surface area contributed by atoms with E-state index < -0.39 is 0 Å². The van der Waals surface area contributed by atoms with Crippen molar-refractivity contribution in [3.63, 3.8) is 0 Å². The average molecular weight is 352 g/mol. The van der Waals surface area contributed by atoms with Gasteiger partial charge in [0.1, 0.15) is 0 Å². The van der Waals surface area contributed by atoms with E-state index in [4.69, 9.17) is 11.6 Å². The maximum atomic E-state index is 6.71. The van der Waals surface area contributed by atoms with Gasteiger partial charge in [-0.15, -0.1) is 22.9 Å². The van der Waals surface area contributed by atoms with Crippen LogP contribution in [0, 0.1) is 6.92 Å². The predicted octanol–water partition coefficient (Wildman–Crippen LogP) is 6.30.